The van der Waals surface area contributed by atoms with Gasteiger partial charge in [-0.2, -0.15) is 0 Å². The summed E-state index contributed by atoms with van der Waals surface area (Å²) in [5.41, 5.74) is 0.836. The van der Waals surface area contributed by atoms with E-state index in [9.17, 15) is 0 Å². The average Bonchev–Trinajstić information content (AvgIpc) is 2.58. The highest BCUT2D eigenvalue weighted by atomic mass is 16.5. The minimum absolute atomic E-state index is 0.312. The van der Waals surface area contributed by atoms with Gasteiger partial charge < -0.3 is 14.8 Å². The second-order valence-electron chi connectivity index (χ2n) is 9.62. The van der Waals surface area contributed by atoms with Gasteiger partial charge in [-0.15, -0.1) is 0 Å². The van der Waals surface area contributed by atoms with E-state index in [0.29, 0.717) is 16.9 Å². The first-order valence-corrected chi connectivity index (χ1v) is 10.9. The van der Waals surface area contributed by atoms with Crippen molar-refractivity contribution in [2.75, 3.05) is 52.5 Å². The molecule has 4 nitrogen and oxygen atoms in total. The van der Waals surface area contributed by atoms with Crippen molar-refractivity contribution in [3.63, 3.8) is 0 Å². The van der Waals surface area contributed by atoms with Gasteiger partial charge in [-0.05, 0) is 36.5 Å². The monoisotopic (exact) mass is 370 g/mol. The molecule has 1 N–H and O–H groups in total. The first-order valence-electron chi connectivity index (χ1n) is 10.9. The molecule has 0 spiro atoms. The molecule has 0 amide bonds. The molecule has 0 aromatic rings. The Bertz CT molecular complexity index is 357. The van der Waals surface area contributed by atoms with Crippen LogP contribution in [-0.4, -0.2) is 63.5 Å². The number of ether oxygens (including phenoxy) is 2. The summed E-state index contributed by atoms with van der Waals surface area (Å²) in [6, 6.07) is 0. The molecule has 0 aromatic carbocycles. The number of rotatable bonds is 13. The molecule has 1 aliphatic heterocycles. The van der Waals surface area contributed by atoms with Crippen LogP contribution in [0.4, 0.5) is 0 Å². The predicted octanol–water partition coefficient (Wildman–Crippen LogP) is 4.34. The third kappa shape index (κ3) is 10.9. The lowest BCUT2D eigenvalue weighted by molar-refractivity contribution is -0.0359. The van der Waals surface area contributed by atoms with E-state index in [0.717, 1.165) is 59.0 Å². The lowest BCUT2D eigenvalue weighted by Crippen LogP contribution is -2.48. The molecule has 0 bridgehead atoms. The van der Waals surface area contributed by atoms with Crippen LogP contribution >= 0.6 is 0 Å². The third-order valence-electron chi connectivity index (χ3n) is 5.62. The Labute approximate surface area is 163 Å². The molecule has 1 fully saturated rings. The molecule has 26 heavy (non-hydrogen) atoms. The zero-order chi connectivity index (χ0) is 19.5. The molecule has 0 radical (unpaired) electrons. The van der Waals surface area contributed by atoms with E-state index in [1.54, 1.807) is 0 Å². The Kier molecular flexibility index (Phi) is 11.3. The number of nitrogens with zero attached hydrogens (tertiary/aromatic N) is 1. The van der Waals surface area contributed by atoms with Crippen molar-refractivity contribution >= 4 is 0 Å². The Balaban J connectivity index is 2.14. The summed E-state index contributed by atoms with van der Waals surface area (Å²) in [6.45, 7) is 21.6. The van der Waals surface area contributed by atoms with Crippen molar-refractivity contribution in [3.05, 3.63) is 0 Å². The van der Waals surface area contributed by atoms with Gasteiger partial charge in [0.15, 0.2) is 0 Å². The average molecular weight is 371 g/mol. The number of nitrogens with one attached hydrogen (secondary N) is 1. The van der Waals surface area contributed by atoms with Crippen molar-refractivity contribution in [1.29, 1.82) is 0 Å². The van der Waals surface area contributed by atoms with Crippen LogP contribution in [-0.2, 0) is 9.47 Å². The summed E-state index contributed by atoms with van der Waals surface area (Å²) in [7, 11) is 0. The lowest BCUT2D eigenvalue weighted by atomic mass is 9.83. The molecule has 156 valence electrons. The van der Waals surface area contributed by atoms with E-state index in [2.05, 4.69) is 51.8 Å². The second-order valence-corrected chi connectivity index (χ2v) is 9.62. The quantitative estimate of drug-likeness (QED) is 0.489. The first-order chi connectivity index (χ1) is 12.3. The standard InChI is InChI=1S/C22H46N2O2/c1-7-10-22(6,8-2)19-23-17-20-18-24(13-16-26-20)12-15-25-14-9-11-21(3,4)5/h20,23H,7-19H2,1-6H3. The van der Waals surface area contributed by atoms with Crippen LogP contribution in [0.5, 0.6) is 0 Å². The fourth-order valence-electron chi connectivity index (χ4n) is 3.64. The van der Waals surface area contributed by atoms with Gasteiger partial charge in [-0.1, -0.05) is 48.0 Å². The van der Waals surface area contributed by atoms with Crippen LogP contribution in [0, 0.1) is 10.8 Å². The lowest BCUT2D eigenvalue weighted by Gasteiger charge is -2.34. The van der Waals surface area contributed by atoms with Crippen molar-refractivity contribution < 1.29 is 9.47 Å². The van der Waals surface area contributed by atoms with Crippen LogP contribution in [0.3, 0.4) is 0 Å². The molecular formula is C22H46N2O2. The highest BCUT2D eigenvalue weighted by Gasteiger charge is 2.23. The van der Waals surface area contributed by atoms with Crippen molar-refractivity contribution in [1.82, 2.24) is 10.2 Å². The Morgan fingerprint density at radius 3 is 2.54 bits per heavy atom. The summed E-state index contributed by atoms with van der Waals surface area (Å²) in [6.07, 6.45) is 6.49. The van der Waals surface area contributed by atoms with E-state index in [1.165, 1.54) is 25.7 Å². The summed E-state index contributed by atoms with van der Waals surface area (Å²) in [5, 5.41) is 3.67. The van der Waals surface area contributed by atoms with Crippen LogP contribution in [0.25, 0.3) is 0 Å². The zero-order valence-corrected chi connectivity index (χ0v) is 18.5. The van der Waals surface area contributed by atoms with E-state index >= 15 is 0 Å². The predicted molar refractivity (Wildman–Crippen MR) is 112 cm³/mol. The summed E-state index contributed by atoms with van der Waals surface area (Å²) < 4.78 is 11.8. The molecule has 1 saturated heterocycles. The minimum atomic E-state index is 0.312. The first kappa shape index (κ1) is 23.9. The maximum atomic E-state index is 5.95. The maximum Gasteiger partial charge on any atom is 0.0826 e. The van der Waals surface area contributed by atoms with Gasteiger partial charge in [0.2, 0.25) is 0 Å². The van der Waals surface area contributed by atoms with Gasteiger partial charge in [0, 0.05) is 39.3 Å². The van der Waals surface area contributed by atoms with Crippen molar-refractivity contribution in [2.45, 2.75) is 79.8 Å². The zero-order valence-electron chi connectivity index (χ0n) is 18.5. The molecule has 0 aliphatic carbocycles. The highest BCUT2D eigenvalue weighted by molar-refractivity contribution is 4.78. The SMILES string of the molecule is CCCC(C)(CC)CNCC1CN(CCOCCCC(C)(C)C)CCO1. The van der Waals surface area contributed by atoms with Gasteiger partial charge in [0.05, 0.1) is 19.3 Å². The molecule has 1 rings (SSSR count). The topological polar surface area (TPSA) is 33.7 Å². The van der Waals surface area contributed by atoms with Crippen LogP contribution in [0.1, 0.15) is 73.6 Å². The largest absolute Gasteiger partial charge is 0.380 e. The number of hydrogen-bond donors (Lipinski definition) is 1. The number of morpholine rings is 1. The van der Waals surface area contributed by atoms with Crippen LogP contribution < -0.4 is 5.32 Å². The number of hydrogen-bond acceptors (Lipinski definition) is 4. The fraction of sp³-hybridized carbons (Fsp3) is 1.00. The van der Waals surface area contributed by atoms with E-state index in [1.807, 2.05) is 0 Å². The smallest absolute Gasteiger partial charge is 0.0826 e. The van der Waals surface area contributed by atoms with Gasteiger partial charge >= 0.3 is 0 Å². The van der Waals surface area contributed by atoms with Gasteiger partial charge in [0.1, 0.15) is 0 Å². The highest BCUT2D eigenvalue weighted by Crippen LogP contribution is 2.26. The fourth-order valence-corrected chi connectivity index (χ4v) is 3.64. The van der Waals surface area contributed by atoms with E-state index in [-0.39, 0.29) is 0 Å². The minimum Gasteiger partial charge on any atom is -0.380 e. The Morgan fingerprint density at radius 1 is 1.12 bits per heavy atom. The molecular weight excluding hydrogens is 324 g/mol. The molecule has 0 saturated carbocycles. The van der Waals surface area contributed by atoms with Crippen LogP contribution in [0.2, 0.25) is 0 Å². The van der Waals surface area contributed by atoms with Gasteiger partial charge in [0.25, 0.3) is 0 Å². The van der Waals surface area contributed by atoms with Gasteiger partial charge in [-0.3, -0.25) is 4.90 Å². The summed E-state index contributed by atoms with van der Waals surface area (Å²) in [5.74, 6) is 0. The molecule has 1 heterocycles. The maximum absolute atomic E-state index is 5.95. The molecule has 2 atom stereocenters. The van der Waals surface area contributed by atoms with Gasteiger partial charge in [-0.25, -0.2) is 0 Å². The van der Waals surface area contributed by atoms with Crippen LogP contribution in [0.15, 0.2) is 0 Å². The van der Waals surface area contributed by atoms with Crippen molar-refractivity contribution in [2.24, 2.45) is 10.8 Å². The Hall–Kier alpha value is -0.160. The van der Waals surface area contributed by atoms with Crippen molar-refractivity contribution in [3.8, 4) is 0 Å². The normalized spacial score (nSPS) is 21.7. The summed E-state index contributed by atoms with van der Waals surface area (Å²) in [4.78, 5) is 2.49. The summed E-state index contributed by atoms with van der Waals surface area (Å²) >= 11 is 0. The molecule has 4 heteroatoms. The van der Waals surface area contributed by atoms with E-state index < -0.39 is 0 Å². The molecule has 2 unspecified atom stereocenters. The Morgan fingerprint density at radius 2 is 1.88 bits per heavy atom. The molecule has 0 aromatic heterocycles. The third-order valence-corrected chi connectivity index (χ3v) is 5.62. The molecule has 1 aliphatic rings. The second kappa shape index (κ2) is 12.3. The van der Waals surface area contributed by atoms with E-state index in [4.69, 9.17) is 9.47 Å².